The lowest BCUT2D eigenvalue weighted by Crippen LogP contribution is -2.05. The number of aliphatic hydroxyl groups is 1. The van der Waals surface area contributed by atoms with Crippen LogP contribution in [0.1, 0.15) is 23.4 Å². The second kappa shape index (κ2) is 3.61. The Bertz CT molecular complexity index is 484. The lowest BCUT2D eigenvalue weighted by atomic mass is 10.1. The van der Waals surface area contributed by atoms with E-state index in [4.69, 9.17) is 14.4 Å². The molecule has 1 atom stereocenters. The molecule has 0 saturated carbocycles. The summed E-state index contributed by atoms with van der Waals surface area (Å²) in [5.74, 6) is 1.57. The first-order valence-corrected chi connectivity index (χ1v) is 5.04. The van der Waals surface area contributed by atoms with Gasteiger partial charge >= 0.3 is 0 Å². The highest BCUT2D eigenvalue weighted by molar-refractivity contribution is 5.37. The molecule has 5 nitrogen and oxygen atoms in total. The van der Waals surface area contributed by atoms with Gasteiger partial charge in [0.2, 0.25) is 5.82 Å². The zero-order valence-corrected chi connectivity index (χ0v) is 8.46. The maximum absolute atomic E-state index is 8.83. The number of hydrogen-bond acceptors (Lipinski definition) is 5. The Kier molecular flexibility index (Phi) is 2.11. The summed E-state index contributed by atoms with van der Waals surface area (Å²) in [6.45, 7) is -0.243. The SMILES string of the molecule is OCc1nc(C2Cc3ccccc3O2)no1. The third-order valence-electron chi connectivity index (χ3n) is 2.55. The van der Waals surface area contributed by atoms with Gasteiger partial charge in [-0.05, 0) is 11.6 Å². The molecule has 2 heterocycles. The molecule has 0 amide bonds. The van der Waals surface area contributed by atoms with Crippen molar-refractivity contribution in [2.24, 2.45) is 0 Å². The van der Waals surface area contributed by atoms with Crippen LogP contribution in [0.15, 0.2) is 28.8 Å². The van der Waals surface area contributed by atoms with Gasteiger partial charge in [-0.1, -0.05) is 23.4 Å². The maximum Gasteiger partial charge on any atom is 0.252 e. The molecule has 16 heavy (non-hydrogen) atoms. The van der Waals surface area contributed by atoms with Gasteiger partial charge in [-0.3, -0.25) is 0 Å². The Morgan fingerprint density at radius 2 is 2.25 bits per heavy atom. The summed E-state index contributed by atoms with van der Waals surface area (Å²) in [4.78, 5) is 4.04. The van der Waals surface area contributed by atoms with Crippen molar-refractivity contribution >= 4 is 0 Å². The molecule has 1 aromatic carbocycles. The lowest BCUT2D eigenvalue weighted by molar-refractivity contribution is 0.212. The molecule has 1 N–H and O–H groups in total. The second-order valence-corrected chi connectivity index (χ2v) is 3.62. The van der Waals surface area contributed by atoms with Gasteiger partial charge in [0.05, 0.1) is 0 Å². The summed E-state index contributed by atoms with van der Waals surface area (Å²) in [6.07, 6.45) is 0.530. The van der Waals surface area contributed by atoms with E-state index in [2.05, 4.69) is 10.1 Å². The Morgan fingerprint density at radius 3 is 3.00 bits per heavy atom. The van der Waals surface area contributed by atoms with Crippen LogP contribution in [0.5, 0.6) is 5.75 Å². The average molecular weight is 218 g/mol. The van der Waals surface area contributed by atoms with Crippen molar-refractivity contribution in [3.63, 3.8) is 0 Å². The van der Waals surface area contributed by atoms with Crippen LogP contribution in [0.2, 0.25) is 0 Å². The fourth-order valence-corrected chi connectivity index (χ4v) is 1.79. The van der Waals surface area contributed by atoms with Gasteiger partial charge in [-0.25, -0.2) is 0 Å². The predicted octanol–water partition coefficient (Wildman–Crippen LogP) is 1.24. The van der Waals surface area contributed by atoms with Crippen LogP contribution in [0, 0.1) is 0 Å². The topological polar surface area (TPSA) is 68.4 Å². The fraction of sp³-hybridized carbons (Fsp3) is 0.273. The summed E-state index contributed by atoms with van der Waals surface area (Å²) < 4.78 is 10.5. The van der Waals surface area contributed by atoms with E-state index in [1.807, 2.05) is 24.3 Å². The Morgan fingerprint density at radius 1 is 1.38 bits per heavy atom. The second-order valence-electron chi connectivity index (χ2n) is 3.62. The van der Waals surface area contributed by atoms with E-state index in [0.717, 1.165) is 17.7 Å². The van der Waals surface area contributed by atoms with Gasteiger partial charge < -0.3 is 14.4 Å². The molecule has 5 heteroatoms. The van der Waals surface area contributed by atoms with Crippen LogP contribution >= 0.6 is 0 Å². The van der Waals surface area contributed by atoms with Gasteiger partial charge in [0.1, 0.15) is 12.4 Å². The minimum absolute atomic E-state index is 0.207. The molecule has 3 rings (SSSR count). The van der Waals surface area contributed by atoms with E-state index in [0.29, 0.717) is 5.82 Å². The van der Waals surface area contributed by atoms with E-state index in [1.165, 1.54) is 0 Å². The summed E-state index contributed by atoms with van der Waals surface area (Å²) in [5, 5.41) is 12.6. The number of ether oxygens (including phenoxy) is 1. The van der Waals surface area contributed by atoms with Crippen LogP contribution in [-0.4, -0.2) is 15.2 Å². The van der Waals surface area contributed by atoms with E-state index in [1.54, 1.807) is 0 Å². The van der Waals surface area contributed by atoms with Crippen molar-refractivity contribution in [1.29, 1.82) is 0 Å². The maximum atomic E-state index is 8.83. The molecule has 0 fully saturated rings. The smallest absolute Gasteiger partial charge is 0.252 e. The van der Waals surface area contributed by atoms with Crippen molar-refractivity contribution in [2.45, 2.75) is 19.1 Å². The molecule has 1 aromatic heterocycles. The lowest BCUT2D eigenvalue weighted by Gasteiger charge is -2.04. The molecule has 82 valence electrons. The van der Waals surface area contributed by atoms with Crippen molar-refractivity contribution in [2.75, 3.05) is 0 Å². The third-order valence-corrected chi connectivity index (χ3v) is 2.55. The number of aliphatic hydroxyl groups excluding tert-OH is 1. The quantitative estimate of drug-likeness (QED) is 0.821. The normalized spacial score (nSPS) is 18.2. The molecule has 0 radical (unpaired) electrons. The largest absolute Gasteiger partial charge is 0.482 e. The zero-order valence-electron chi connectivity index (χ0n) is 8.46. The highest BCUT2D eigenvalue weighted by atomic mass is 16.5. The third kappa shape index (κ3) is 1.45. The minimum atomic E-state index is -0.243. The number of para-hydroxylation sites is 1. The fourth-order valence-electron chi connectivity index (χ4n) is 1.79. The van der Waals surface area contributed by atoms with Crippen LogP contribution < -0.4 is 4.74 Å². The number of hydrogen-bond donors (Lipinski definition) is 1. The van der Waals surface area contributed by atoms with Gasteiger partial charge in [-0.15, -0.1) is 0 Å². The molecular weight excluding hydrogens is 208 g/mol. The van der Waals surface area contributed by atoms with Crippen molar-refractivity contribution in [3.05, 3.63) is 41.5 Å². The first kappa shape index (κ1) is 9.35. The first-order chi connectivity index (χ1) is 7.86. The summed E-state index contributed by atoms with van der Waals surface area (Å²) >= 11 is 0. The molecule has 1 aliphatic rings. The standard InChI is InChI=1S/C11H10N2O3/c14-6-10-12-11(13-16-10)9-5-7-3-1-2-4-8(7)15-9/h1-4,9,14H,5-6H2. The van der Waals surface area contributed by atoms with Crippen LogP contribution in [0.25, 0.3) is 0 Å². The summed E-state index contributed by atoms with van der Waals surface area (Å²) in [6, 6.07) is 7.83. The number of benzene rings is 1. The van der Waals surface area contributed by atoms with E-state index in [9.17, 15) is 0 Å². The number of rotatable bonds is 2. The van der Waals surface area contributed by atoms with Gasteiger partial charge in [-0.2, -0.15) is 4.98 Å². The van der Waals surface area contributed by atoms with Gasteiger partial charge in [0, 0.05) is 6.42 Å². The molecule has 0 bridgehead atoms. The Balaban J connectivity index is 1.85. The number of fused-ring (bicyclic) bond motifs is 1. The predicted molar refractivity (Wildman–Crippen MR) is 53.7 cm³/mol. The van der Waals surface area contributed by atoms with Crippen molar-refractivity contribution in [3.8, 4) is 5.75 Å². The average Bonchev–Trinajstić information content (AvgIpc) is 2.95. The number of nitrogens with zero attached hydrogens (tertiary/aromatic N) is 2. The van der Waals surface area contributed by atoms with E-state index >= 15 is 0 Å². The molecular formula is C11H10N2O3. The van der Waals surface area contributed by atoms with Gasteiger partial charge in [0.15, 0.2) is 6.10 Å². The monoisotopic (exact) mass is 218 g/mol. The van der Waals surface area contributed by atoms with Gasteiger partial charge in [0.25, 0.3) is 5.89 Å². The summed E-state index contributed by atoms with van der Waals surface area (Å²) in [5.41, 5.74) is 1.14. The Hall–Kier alpha value is -1.88. The highest BCUT2D eigenvalue weighted by Crippen LogP contribution is 2.34. The summed E-state index contributed by atoms with van der Waals surface area (Å²) in [7, 11) is 0. The van der Waals surface area contributed by atoms with E-state index in [-0.39, 0.29) is 18.6 Å². The van der Waals surface area contributed by atoms with Crippen LogP contribution in [0.4, 0.5) is 0 Å². The minimum Gasteiger partial charge on any atom is -0.482 e. The highest BCUT2D eigenvalue weighted by Gasteiger charge is 2.27. The molecule has 2 aromatic rings. The number of aromatic nitrogens is 2. The molecule has 1 aliphatic heterocycles. The molecule has 0 saturated heterocycles. The van der Waals surface area contributed by atoms with Crippen molar-refractivity contribution in [1.82, 2.24) is 10.1 Å². The molecule has 0 aliphatic carbocycles. The Labute approximate surface area is 91.7 Å². The van der Waals surface area contributed by atoms with Crippen LogP contribution in [-0.2, 0) is 13.0 Å². The molecule has 1 unspecified atom stereocenters. The van der Waals surface area contributed by atoms with E-state index < -0.39 is 0 Å². The zero-order chi connectivity index (χ0) is 11.0. The molecule has 0 spiro atoms. The van der Waals surface area contributed by atoms with Crippen LogP contribution in [0.3, 0.4) is 0 Å². The van der Waals surface area contributed by atoms with Crippen molar-refractivity contribution < 1.29 is 14.4 Å². The first-order valence-electron chi connectivity index (χ1n) is 5.04.